The molecule has 0 saturated carbocycles. The van der Waals surface area contributed by atoms with Gasteiger partial charge in [0.05, 0.1) is 5.52 Å². The summed E-state index contributed by atoms with van der Waals surface area (Å²) in [5, 5.41) is 4.55. The predicted molar refractivity (Wildman–Crippen MR) is 131 cm³/mol. The van der Waals surface area contributed by atoms with Crippen LogP contribution < -0.4 is 11.1 Å². The number of nitrogens with two attached hydrogens (primary N) is 1. The third kappa shape index (κ3) is 5.84. The lowest BCUT2D eigenvalue weighted by molar-refractivity contribution is -0.118. The van der Waals surface area contributed by atoms with Gasteiger partial charge in [0.1, 0.15) is 5.82 Å². The number of pyridine rings is 2. The lowest BCUT2D eigenvalue weighted by atomic mass is 9.90. The highest BCUT2D eigenvalue weighted by Gasteiger charge is 2.16. The molecule has 5 heteroatoms. The molecule has 1 atom stereocenters. The molecule has 3 aromatic rings. The number of carbonyl (C=O) groups is 1. The summed E-state index contributed by atoms with van der Waals surface area (Å²) in [7, 11) is 0. The van der Waals surface area contributed by atoms with E-state index in [1.54, 1.807) is 0 Å². The van der Waals surface area contributed by atoms with E-state index in [0.717, 1.165) is 67.4 Å². The van der Waals surface area contributed by atoms with Crippen molar-refractivity contribution in [2.45, 2.75) is 70.6 Å². The molecule has 0 radical (unpaired) electrons. The first-order valence-corrected chi connectivity index (χ1v) is 12.0. The average molecular weight is 431 g/mol. The fraction of sp³-hybridized carbons (Fsp3) is 0.444. The fourth-order valence-corrected chi connectivity index (χ4v) is 4.68. The highest BCUT2D eigenvalue weighted by atomic mass is 16.1. The Balaban J connectivity index is 1.27. The molecule has 0 aliphatic carbocycles. The molecule has 32 heavy (non-hydrogen) atoms. The highest BCUT2D eigenvalue weighted by molar-refractivity contribution is 5.80. The van der Waals surface area contributed by atoms with Gasteiger partial charge in [-0.25, -0.2) is 4.98 Å². The smallest absolute Gasteiger partial charge is 0.218 e. The maximum Gasteiger partial charge on any atom is 0.218 e. The number of fused-ring (bicyclic) bond motifs is 2. The van der Waals surface area contributed by atoms with Crippen LogP contribution in [0.4, 0.5) is 5.82 Å². The van der Waals surface area contributed by atoms with Gasteiger partial charge in [0.15, 0.2) is 0 Å². The molecule has 0 spiro atoms. The number of nitrogens with zero attached hydrogens (tertiary/aromatic N) is 2. The van der Waals surface area contributed by atoms with Crippen LogP contribution in [0.3, 0.4) is 0 Å². The Kier molecular flexibility index (Phi) is 7.35. The van der Waals surface area contributed by atoms with Gasteiger partial charge in [-0.05, 0) is 80.3 Å². The van der Waals surface area contributed by atoms with Gasteiger partial charge in [0, 0.05) is 30.2 Å². The molecular formula is C27H34N4O. The van der Waals surface area contributed by atoms with E-state index in [9.17, 15) is 4.79 Å². The first kappa shape index (κ1) is 22.3. The van der Waals surface area contributed by atoms with Crippen molar-refractivity contribution in [1.29, 1.82) is 0 Å². The van der Waals surface area contributed by atoms with Gasteiger partial charge in [-0.15, -0.1) is 0 Å². The van der Waals surface area contributed by atoms with Crippen LogP contribution in [0.15, 0.2) is 42.6 Å². The first-order valence-electron chi connectivity index (χ1n) is 12.0. The summed E-state index contributed by atoms with van der Waals surface area (Å²) >= 11 is 0. The largest absolute Gasteiger partial charge is 0.370 e. The van der Waals surface area contributed by atoms with Crippen molar-refractivity contribution in [3.05, 3.63) is 65.0 Å². The van der Waals surface area contributed by atoms with Crippen molar-refractivity contribution in [1.82, 2.24) is 9.97 Å². The zero-order valence-corrected chi connectivity index (χ0v) is 19.1. The third-order valence-corrected chi connectivity index (χ3v) is 6.46. The summed E-state index contributed by atoms with van der Waals surface area (Å²) in [5.74, 6) is 0.979. The molecule has 4 rings (SSSR count). The van der Waals surface area contributed by atoms with Crippen molar-refractivity contribution in [2.75, 3.05) is 11.9 Å². The number of rotatable bonds is 10. The number of anilines is 1. The first-order chi connectivity index (χ1) is 15.6. The van der Waals surface area contributed by atoms with E-state index in [2.05, 4.69) is 47.6 Å². The summed E-state index contributed by atoms with van der Waals surface area (Å²) in [6.07, 6.45) is 11.2. The van der Waals surface area contributed by atoms with Crippen LogP contribution in [0.25, 0.3) is 10.9 Å². The van der Waals surface area contributed by atoms with Gasteiger partial charge >= 0.3 is 0 Å². The Bertz CT molecular complexity index is 1080. The summed E-state index contributed by atoms with van der Waals surface area (Å²) in [6.45, 7) is 3.12. The molecule has 0 fully saturated rings. The molecule has 168 valence electrons. The molecule has 1 aliphatic rings. The van der Waals surface area contributed by atoms with Crippen LogP contribution in [-0.2, 0) is 17.6 Å². The number of primary amides is 1. The van der Waals surface area contributed by atoms with Gasteiger partial charge in [-0.3, -0.25) is 9.78 Å². The van der Waals surface area contributed by atoms with Crippen LogP contribution in [0.1, 0.15) is 73.2 Å². The number of carbonyl (C=O) groups excluding carboxylic acids is 1. The molecule has 5 nitrogen and oxygen atoms in total. The van der Waals surface area contributed by atoms with Gasteiger partial charge in [0.2, 0.25) is 5.91 Å². The van der Waals surface area contributed by atoms with Crippen LogP contribution in [0.5, 0.6) is 0 Å². The van der Waals surface area contributed by atoms with Crippen molar-refractivity contribution in [3.8, 4) is 0 Å². The van der Waals surface area contributed by atoms with Gasteiger partial charge < -0.3 is 11.1 Å². The quantitative estimate of drug-likeness (QED) is 0.419. The normalized spacial score (nSPS) is 14.0. The number of hydrogen-bond acceptors (Lipinski definition) is 4. The summed E-state index contributed by atoms with van der Waals surface area (Å²) in [6, 6.07) is 12.9. The standard InChI is InChI=1S/C27H34N4O/c1-19-10-13-25-22(15-19)16-23(18-30-25)21(17-26(28)32)7-4-2-3-5-9-24-12-11-20-8-6-14-29-27(20)31-24/h10-13,15-16,18,21H,2-9,14,17H2,1H3,(H2,28,32)(H,29,31). The van der Waals surface area contributed by atoms with Crippen LogP contribution in [-0.4, -0.2) is 22.4 Å². The van der Waals surface area contributed by atoms with Crippen molar-refractivity contribution in [3.63, 3.8) is 0 Å². The third-order valence-electron chi connectivity index (χ3n) is 6.46. The van der Waals surface area contributed by atoms with Gasteiger partial charge in [0.25, 0.3) is 0 Å². The molecular weight excluding hydrogens is 396 g/mol. The van der Waals surface area contributed by atoms with E-state index in [4.69, 9.17) is 10.7 Å². The Morgan fingerprint density at radius 1 is 1.12 bits per heavy atom. The van der Waals surface area contributed by atoms with E-state index in [1.807, 2.05) is 12.3 Å². The summed E-state index contributed by atoms with van der Waals surface area (Å²) in [5.41, 5.74) is 11.4. The maximum absolute atomic E-state index is 11.7. The van der Waals surface area contributed by atoms with E-state index < -0.39 is 0 Å². The monoisotopic (exact) mass is 430 g/mol. The minimum Gasteiger partial charge on any atom is -0.370 e. The molecule has 2 aromatic heterocycles. The lowest BCUT2D eigenvalue weighted by Crippen LogP contribution is -2.15. The molecule has 3 N–H and O–H groups in total. The number of nitrogens with one attached hydrogen (secondary N) is 1. The van der Waals surface area contributed by atoms with Gasteiger partial charge in [-0.1, -0.05) is 37.0 Å². The molecule has 1 unspecified atom stereocenters. The second-order valence-electron chi connectivity index (χ2n) is 9.13. The summed E-state index contributed by atoms with van der Waals surface area (Å²) in [4.78, 5) is 21.1. The Hall–Kier alpha value is -2.95. The fourth-order valence-electron chi connectivity index (χ4n) is 4.68. The Morgan fingerprint density at radius 2 is 2.00 bits per heavy atom. The maximum atomic E-state index is 11.7. The van der Waals surface area contributed by atoms with Crippen LogP contribution in [0.2, 0.25) is 0 Å². The number of amides is 1. The van der Waals surface area contributed by atoms with Crippen molar-refractivity contribution in [2.24, 2.45) is 5.73 Å². The van der Waals surface area contributed by atoms with Gasteiger partial charge in [-0.2, -0.15) is 0 Å². The SMILES string of the molecule is Cc1ccc2ncc(C(CCCCCCc3ccc4c(n3)NCCC4)CC(N)=O)cc2c1. The topological polar surface area (TPSA) is 80.9 Å². The van der Waals surface area contributed by atoms with Crippen molar-refractivity contribution >= 4 is 22.6 Å². The molecule has 1 amide bonds. The highest BCUT2D eigenvalue weighted by Crippen LogP contribution is 2.28. The molecule has 0 saturated heterocycles. The van der Waals surface area contributed by atoms with E-state index in [-0.39, 0.29) is 11.8 Å². The zero-order chi connectivity index (χ0) is 22.3. The van der Waals surface area contributed by atoms with Crippen LogP contribution in [0, 0.1) is 6.92 Å². The van der Waals surface area contributed by atoms with E-state index in [0.29, 0.717) is 6.42 Å². The second-order valence-corrected chi connectivity index (χ2v) is 9.13. The Morgan fingerprint density at radius 3 is 2.88 bits per heavy atom. The second kappa shape index (κ2) is 10.6. The molecule has 3 heterocycles. The number of aryl methyl sites for hydroxylation is 3. The lowest BCUT2D eigenvalue weighted by Gasteiger charge is -2.17. The van der Waals surface area contributed by atoms with E-state index >= 15 is 0 Å². The van der Waals surface area contributed by atoms with E-state index in [1.165, 1.54) is 29.7 Å². The molecule has 1 aliphatic heterocycles. The number of hydrogen-bond donors (Lipinski definition) is 2. The zero-order valence-electron chi connectivity index (χ0n) is 19.1. The Labute approximate surface area is 190 Å². The average Bonchev–Trinajstić information content (AvgIpc) is 2.79. The van der Waals surface area contributed by atoms with Crippen LogP contribution >= 0.6 is 0 Å². The van der Waals surface area contributed by atoms with Crippen molar-refractivity contribution < 1.29 is 4.79 Å². The number of aromatic nitrogens is 2. The minimum atomic E-state index is -0.244. The summed E-state index contributed by atoms with van der Waals surface area (Å²) < 4.78 is 0. The molecule has 1 aromatic carbocycles. The number of unbranched alkanes of at least 4 members (excludes halogenated alkanes) is 3. The molecule has 0 bridgehead atoms. The number of benzene rings is 1. The predicted octanol–water partition coefficient (Wildman–Crippen LogP) is 5.45. The minimum absolute atomic E-state index is 0.137.